The molecule has 0 radical (unpaired) electrons. The third-order valence-electron chi connectivity index (χ3n) is 5.65. The number of hydrogen-bond donors (Lipinski definition) is 4. The number of aromatic nitrogens is 4. The summed E-state index contributed by atoms with van der Waals surface area (Å²) in [6.07, 6.45) is 1.09. The van der Waals surface area contributed by atoms with Gasteiger partial charge in [-0.1, -0.05) is 0 Å². The molecular weight excluding hydrogens is 370 g/mol. The summed E-state index contributed by atoms with van der Waals surface area (Å²) in [6.45, 7) is 1.90. The van der Waals surface area contributed by atoms with Crippen LogP contribution in [0, 0.1) is 12.8 Å². The number of fused-ring (bicyclic) bond motifs is 3. The summed E-state index contributed by atoms with van der Waals surface area (Å²) in [5.41, 5.74) is 2.03. The van der Waals surface area contributed by atoms with Crippen molar-refractivity contribution >= 4 is 27.6 Å². The molecule has 2 aliphatic rings. The highest BCUT2D eigenvalue weighted by Gasteiger charge is 2.54. The van der Waals surface area contributed by atoms with E-state index in [2.05, 4.69) is 20.2 Å². The minimum Gasteiger partial charge on any atom is -0.465 e. The van der Waals surface area contributed by atoms with Crippen LogP contribution in [0.25, 0.3) is 20.7 Å². The van der Waals surface area contributed by atoms with Gasteiger partial charge in [-0.25, -0.2) is 9.78 Å². The minimum absolute atomic E-state index is 0.236. The topological polar surface area (TPSA) is 135 Å². The number of amides is 1. The molecule has 4 atom stereocenters. The molecule has 2 bridgehead atoms. The fraction of sp³-hybridized carbons (Fsp3) is 0.412. The molecule has 140 valence electrons. The number of aryl methyl sites for hydroxylation is 1. The number of aromatic amines is 2. The van der Waals surface area contributed by atoms with Crippen LogP contribution in [0.1, 0.15) is 30.4 Å². The highest BCUT2D eigenvalue weighted by atomic mass is 32.1. The maximum Gasteiger partial charge on any atom is 0.408 e. The van der Waals surface area contributed by atoms with Gasteiger partial charge in [-0.2, -0.15) is 5.10 Å². The van der Waals surface area contributed by atoms with Crippen molar-refractivity contribution in [3.8, 4) is 10.4 Å². The molecule has 4 heterocycles. The van der Waals surface area contributed by atoms with E-state index >= 15 is 0 Å². The van der Waals surface area contributed by atoms with E-state index in [0.717, 1.165) is 16.1 Å². The Balaban J connectivity index is 1.63. The predicted octanol–water partition coefficient (Wildman–Crippen LogP) is 1.86. The summed E-state index contributed by atoms with van der Waals surface area (Å²) < 4.78 is 0.486. The summed E-state index contributed by atoms with van der Waals surface area (Å²) in [5.74, 6) is 0.0512. The normalized spacial score (nSPS) is 27.0. The molecule has 9 nitrogen and oxygen atoms in total. The summed E-state index contributed by atoms with van der Waals surface area (Å²) in [6, 6.07) is 0.957. The molecule has 1 aliphatic heterocycles. The SMILES string of the molecule is Cc1[nH]ncc1-c1cc2nc([C@@H]3[C@@H]4C[C@@H](C[C@@H]4O)N3C(=O)O)[nH]c(=O)c2s1. The van der Waals surface area contributed by atoms with E-state index in [9.17, 15) is 19.8 Å². The van der Waals surface area contributed by atoms with Crippen molar-refractivity contribution in [2.24, 2.45) is 5.92 Å². The summed E-state index contributed by atoms with van der Waals surface area (Å²) in [5, 5.41) is 26.7. The van der Waals surface area contributed by atoms with Crippen LogP contribution >= 0.6 is 11.3 Å². The van der Waals surface area contributed by atoms with E-state index in [1.807, 2.05) is 13.0 Å². The molecule has 10 heteroatoms. The third-order valence-corrected chi connectivity index (χ3v) is 6.80. The van der Waals surface area contributed by atoms with E-state index in [1.165, 1.54) is 16.2 Å². The Morgan fingerprint density at radius 2 is 2.22 bits per heavy atom. The molecule has 0 aromatic carbocycles. The predicted molar refractivity (Wildman–Crippen MR) is 97.7 cm³/mol. The molecular formula is C17H17N5O4S. The average Bonchev–Trinajstić information content (AvgIpc) is 3.35. The van der Waals surface area contributed by atoms with Crippen LogP contribution in [0.15, 0.2) is 17.1 Å². The number of piperidine rings is 1. The van der Waals surface area contributed by atoms with Gasteiger partial charge in [0, 0.05) is 28.1 Å². The molecule has 3 aromatic heterocycles. The van der Waals surface area contributed by atoms with Crippen LogP contribution in [0.5, 0.6) is 0 Å². The fourth-order valence-electron chi connectivity index (χ4n) is 4.46. The number of hydrogen-bond acceptors (Lipinski definition) is 6. The molecule has 4 N–H and O–H groups in total. The van der Waals surface area contributed by atoms with Gasteiger partial charge in [0.25, 0.3) is 5.56 Å². The molecule has 27 heavy (non-hydrogen) atoms. The number of nitrogens with one attached hydrogen (secondary N) is 2. The van der Waals surface area contributed by atoms with E-state index in [1.54, 1.807) is 6.20 Å². The van der Waals surface area contributed by atoms with Crippen molar-refractivity contribution in [2.75, 3.05) is 0 Å². The second kappa shape index (κ2) is 5.64. The zero-order valence-corrected chi connectivity index (χ0v) is 15.2. The van der Waals surface area contributed by atoms with E-state index < -0.39 is 18.2 Å². The number of aliphatic hydroxyl groups excluding tert-OH is 1. The molecule has 1 saturated heterocycles. The Morgan fingerprint density at radius 3 is 2.93 bits per heavy atom. The number of rotatable bonds is 2. The average molecular weight is 387 g/mol. The number of thiophene rings is 1. The first kappa shape index (κ1) is 16.5. The molecule has 0 spiro atoms. The molecule has 2 fully saturated rings. The number of nitrogens with zero attached hydrogens (tertiary/aromatic N) is 3. The summed E-state index contributed by atoms with van der Waals surface area (Å²) in [7, 11) is 0. The Bertz CT molecular complexity index is 1120. The van der Waals surface area contributed by atoms with Gasteiger partial charge in [0.05, 0.1) is 23.9 Å². The number of H-pyrrole nitrogens is 2. The first-order chi connectivity index (χ1) is 12.9. The lowest BCUT2D eigenvalue weighted by atomic mass is 9.95. The zero-order chi connectivity index (χ0) is 18.9. The Kier molecular flexibility index (Phi) is 3.43. The molecule has 1 amide bonds. The molecule has 0 unspecified atom stereocenters. The first-order valence-corrected chi connectivity index (χ1v) is 9.49. The smallest absolute Gasteiger partial charge is 0.408 e. The van der Waals surface area contributed by atoms with Gasteiger partial charge >= 0.3 is 6.09 Å². The number of carbonyl (C=O) groups is 1. The lowest BCUT2D eigenvalue weighted by Crippen LogP contribution is -2.44. The van der Waals surface area contributed by atoms with Gasteiger partial charge in [-0.3, -0.25) is 14.8 Å². The molecule has 5 rings (SSSR count). The third kappa shape index (κ3) is 2.33. The van der Waals surface area contributed by atoms with Crippen LogP contribution in [0.3, 0.4) is 0 Å². The lowest BCUT2D eigenvalue weighted by molar-refractivity contribution is 0.0317. The maximum atomic E-state index is 12.7. The van der Waals surface area contributed by atoms with Gasteiger partial charge < -0.3 is 15.2 Å². The van der Waals surface area contributed by atoms with Gasteiger partial charge in [-0.05, 0) is 25.8 Å². The second-order valence-corrected chi connectivity index (χ2v) is 8.23. The maximum absolute atomic E-state index is 12.7. The number of carboxylic acid groups (broad SMARTS) is 1. The van der Waals surface area contributed by atoms with Gasteiger partial charge in [0.1, 0.15) is 10.5 Å². The van der Waals surface area contributed by atoms with E-state index in [0.29, 0.717) is 28.9 Å². The molecule has 3 aromatic rings. The van der Waals surface area contributed by atoms with Crippen LogP contribution in [0.4, 0.5) is 4.79 Å². The standard InChI is InChI=1S/C17H17N5O4S/c1-6-9(5-18-21-6)12-4-10-14(27-12)16(24)20-15(19-10)13-8-2-7(3-11(8)23)22(13)17(25)26/h4-5,7-8,11,13,23H,2-3H2,1H3,(H,18,21)(H,25,26)(H,19,20,24)/t7-,8+,11-,13-/m0/s1. The summed E-state index contributed by atoms with van der Waals surface area (Å²) in [4.78, 5) is 33.9. The van der Waals surface area contributed by atoms with Crippen LogP contribution < -0.4 is 5.56 Å². The van der Waals surface area contributed by atoms with Gasteiger partial charge in [0.15, 0.2) is 0 Å². The van der Waals surface area contributed by atoms with Crippen LogP contribution in [-0.2, 0) is 0 Å². The molecule has 1 aliphatic carbocycles. The highest BCUT2D eigenvalue weighted by Crippen LogP contribution is 2.49. The van der Waals surface area contributed by atoms with Crippen molar-refractivity contribution in [3.05, 3.63) is 34.1 Å². The van der Waals surface area contributed by atoms with Crippen LogP contribution in [0.2, 0.25) is 0 Å². The monoisotopic (exact) mass is 387 g/mol. The fourth-order valence-corrected chi connectivity index (χ4v) is 5.52. The molecule has 1 saturated carbocycles. The Hall–Kier alpha value is -2.72. The number of aliphatic hydroxyl groups is 1. The summed E-state index contributed by atoms with van der Waals surface area (Å²) >= 11 is 1.32. The minimum atomic E-state index is -1.05. The van der Waals surface area contributed by atoms with Crippen LogP contribution in [-0.4, -0.2) is 53.5 Å². The number of likely N-dealkylation sites (tertiary alicyclic amines) is 1. The zero-order valence-electron chi connectivity index (χ0n) is 14.3. The Morgan fingerprint density at radius 1 is 1.41 bits per heavy atom. The van der Waals surface area contributed by atoms with Gasteiger partial charge in [-0.15, -0.1) is 11.3 Å². The van der Waals surface area contributed by atoms with Crippen molar-refractivity contribution < 1.29 is 15.0 Å². The van der Waals surface area contributed by atoms with E-state index in [4.69, 9.17) is 0 Å². The first-order valence-electron chi connectivity index (χ1n) is 8.67. The highest BCUT2D eigenvalue weighted by molar-refractivity contribution is 7.22. The van der Waals surface area contributed by atoms with E-state index in [-0.39, 0.29) is 17.5 Å². The Labute approximate surface area is 156 Å². The van der Waals surface area contributed by atoms with Crippen molar-refractivity contribution in [2.45, 2.75) is 38.0 Å². The van der Waals surface area contributed by atoms with Crippen molar-refractivity contribution in [3.63, 3.8) is 0 Å². The lowest BCUT2D eigenvalue weighted by Gasteiger charge is -2.34. The van der Waals surface area contributed by atoms with Crippen molar-refractivity contribution in [1.29, 1.82) is 0 Å². The van der Waals surface area contributed by atoms with Crippen molar-refractivity contribution in [1.82, 2.24) is 25.1 Å². The largest absolute Gasteiger partial charge is 0.465 e. The quantitative estimate of drug-likeness (QED) is 0.530. The van der Waals surface area contributed by atoms with Gasteiger partial charge in [0.2, 0.25) is 0 Å². The second-order valence-electron chi connectivity index (χ2n) is 7.18.